The van der Waals surface area contributed by atoms with Crippen LogP contribution in [0, 0.1) is 22.6 Å². The van der Waals surface area contributed by atoms with Crippen LogP contribution in [0.3, 0.4) is 0 Å². The van der Waals surface area contributed by atoms with Crippen LogP contribution in [0.25, 0.3) is 0 Å². The Morgan fingerprint density at radius 2 is 1.79 bits per heavy atom. The topological polar surface area (TPSA) is 64.1 Å². The Morgan fingerprint density at radius 1 is 1.06 bits per heavy atom. The summed E-state index contributed by atoms with van der Waals surface area (Å²) in [4.78, 5) is 42.9. The zero-order valence-electron chi connectivity index (χ0n) is 19.1. The molecule has 2 fully saturated rings. The molecule has 1 unspecified atom stereocenters. The van der Waals surface area contributed by atoms with Crippen molar-refractivity contribution in [3.63, 3.8) is 0 Å². The van der Waals surface area contributed by atoms with Crippen LogP contribution in [0.5, 0.6) is 0 Å². The largest absolute Gasteiger partial charge is 0.299 e. The fraction of sp³-hybridized carbons (Fsp3) is 0.500. The highest BCUT2D eigenvalue weighted by molar-refractivity contribution is 6.10. The molecule has 5 rings (SSSR count). The van der Waals surface area contributed by atoms with E-state index in [1.54, 1.807) is 6.07 Å². The molecule has 0 radical (unpaired) electrons. The van der Waals surface area contributed by atoms with Gasteiger partial charge in [0.2, 0.25) is 0 Å². The minimum absolute atomic E-state index is 0.0213. The van der Waals surface area contributed by atoms with Gasteiger partial charge in [-0.15, -0.1) is 0 Å². The van der Waals surface area contributed by atoms with Gasteiger partial charge in [0.1, 0.15) is 17.4 Å². The Balaban J connectivity index is 1.34. The predicted octanol–water partition coefficient (Wildman–Crippen LogP) is 5.64. The Bertz CT molecular complexity index is 1100. The second-order valence-corrected chi connectivity index (χ2v) is 10.6. The SMILES string of the molecule is CC1([C@]2(CCC3Cc4ccc(F)cc4C3=O)CC(=O)CC2=O)CCC(c2ccncc2)CC1. The summed E-state index contributed by atoms with van der Waals surface area (Å²) in [6.07, 6.45) is 9.43. The number of nitrogens with zero attached hydrogens (tertiary/aromatic N) is 1. The minimum atomic E-state index is -0.687. The third-order valence-electron chi connectivity index (χ3n) is 8.91. The molecule has 2 atom stereocenters. The molecule has 3 aliphatic rings. The summed E-state index contributed by atoms with van der Waals surface area (Å²) < 4.78 is 13.7. The standard InChI is InChI=1S/C28H30FNO3/c1-27(9-4-18(5-10-27)19-7-12-30-13-8-19)28(17-23(31)16-25(28)32)11-6-21-14-20-2-3-22(29)15-24(20)26(21)33/h2-3,7-8,12-13,15,18,21H,4-6,9-11,14,16-17H2,1H3/t18?,21?,27?,28-/m1/s1. The first-order chi connectivity index (χ1) is 15.8. The van der Waals surface area contributed by atoms with Gasteiger partial charge in [0.05, 0.1) is 6.42 Å². The van der Waals surface area contributed by atoms with Crippen molar-refractivity contribution >= 4 is 17.3 Å². The molecule has 172 valence electrons. The predicted molar refractivity (Wildman–Crippen MR) is 122 cm³/mol. The molecule has 2 saturated carbocycles. The van der Waals surface area contributed by atoms with Crippen molar-refractivity contribution < 1.29 is 18.8 Å². The van der Waals surface area contributed by atoms with E-state index in [1.807, 2.05) is 12.4 Å². The van der Waals surface area contributed by atoms with Gasteiger partial charge in [-0.1, -0.05) is 13.0 Å². The molecule has 0 amide bonds. The Labute approximate surface area is 194 Å². The number of carbonyl (C=O) groups is 3. The molecule has 0 bridgehead atoms. The third-order valence-corrected chi connectivity index (χ3v) is 8.91. The monoisotopic (exact) mass is 447 g/mol. The number of Topliss-reactive ketones (excluding diaryl/α,β-unsaturated/α-hetero) is 3. The highest BCUT2D eigenvalue weighted by atomic mass is 19.1. The van der Waals surface area contributed by atoms with Crippen LogP contribution in [-0.4, -0.2) is 22.3 Å². The zero-order chi connectivity index (χ0) is 23.2. The third kappa shape index (κ3) is 3.75. The molecular weight excluding hydrogens is 417 g/mol. The van der Waals surface area contributed by atoms with Crippen LogP contribution in [0.15, 0.2) is 42.7 Å². The molecule has 0 N–H and O–H groups in total. The highest BCUT2D eigenvalue weighted by Gasteiger charge is 2.58. The van der Waals surface area contributed by atoms with Gasteiger partial charge in [-0.05, 0) is 91.7 Å². The van der Waals surface area contributed by atoms with Crippen molar-refractivity contribution in [1.82, 2.24) is 4.98 Å². The van der Waals surface area contributed by atoms with Crippen molar-refractivity contribution in [1.29, 1.82) is 0 Å². The summed E-state index contributed by atoms with van der Waals surface area (Å²) in [6.45, 7) is 2.19. The molecule has 0 saturated heterocycles. The smallest absolute Gasteiger partial charge is 0.166 e. The average Bonchev–Trinajstić information content (AvgIpc) is 3.29. The van der Waals surface area contributed by atoms with Crippen molar-refractivity contribution in [3.05, 3.63) is 65.2 Å². The van der Waals surface area contributed by atoms with Crippen LogP contribution in [0.4, 0.5) is 4.39 Å². The fourth-order valence-electron chi connectivity index (χ4n) is 6.82. The first-order valence-corrected chi connectivity index (χ1v) is 12.1. The summed E-state index contributed by atoms with van der Waals surface area (Å²) in [5, 5.41) is 0. The minimum Gasteiger partial charge on any atom is -0.299 e. The molecule has 1 aromatic heterocycles. The summed E-state index contributed by atoms with van der Waals surface area (Å²) in [6, 6.07) is 8.57. The van der Waals surface area contributed by atoms with E-state index >= 15 is 0 Å². The Hall–Kier alpha value is -2.69. The maximum absolute atomic E-state index is 13.7. The number of rotatable bonds is 5. The van der Waals surface area contributed by atoms with E-state index in [9.17, 15) is 18.8 Å². The van der Waals surface area contributed by atoms with E-state index in [0.29, 0.717) is 37.2 Å². The number of hydrogen-bond acceptors (Lipinski definition) is 4. The number of benzene rings is 1. The molecular formula is C28H30FNO3. The number of hydrogen-bond donors (Lipinski definition) is 0. The van der Waals surface area contributed by atoms with Crippen LogP contribution >= 0.6 is 0 Å². The quantitative estimate of drug-likeness (QED) is 0.557. The Morgan fingerprint density at radius 3 is 2.45 bits per heavy atom. The van der Waals surface area contributed by atoms with E-state index in [4.69, 9.17) is 0 Å². The van der Waals surface area contributed by atoms with Crippen LogP contribution < -0.4 is 0 Å². The maximum atomic E-state index is 13.7. The van der Waals surface area contributed by atoms with Crippen LogP contribution in [-0.2, 0) is 16.0 Å². The van der Waals surface area contributed by atoms with Gasteiger partial charge < -0.3 is 0 Å². The van der Waals surface area contributed by atoms with E-state index in [0.717, 1.165) is 31.2 Å². The Kier molecular flexibility index (Phi) is 5.54. The lowest BCUT2D eigenvalue weighted by atomic mass is 9.53. The molecule has 4 nitrogen and oxygen atoms in total. The molecule has 1 heterocycles. The van der Waals surface area contributed by atoms with Crippen molar-refractivity contribution in [2.45, 2.75) is 70.6 Å². The normalized spacial score (nSPS) is 31.8. The molecule has 5 heteroatoms. The number of halogens is 1. The molecule has 0 aliphatic heterocycles. The molecule has 3 aliphatic carbocycles. The molecule has 33 heavy (non-hydrogen) atoms. The van der Waals surface area contributed by atoms with Gasteiger partial charge in [-0.3, -0.25) is 19.4 Å². The van der Waals surface area contributed by atoms with Gasteiger partial charge >= 0.3 is 0 Å². The van der Waals surface area contributed by atoms with Gasteiger partial charge in [-0.25, -0.2) is 4.39 Å². The molecule has 2 aromatic rings. The second kappa shape index (κ2) is 8.27. The van der Waals surface area contributed by atoms with Gasteiger partial charge in [-0.2, -0.15) is 0 Å². The van der Waals surface area contributed by atoms with E-state index < -0.39 is 11.2 Å². The van der Waals surface area contributed by atoms with Crippen LogP contribution in [0.2, 0.25) is 0 Å². The number of pyridine rings is 1. The second-order valence-electron chi connectivity index (χ2n) is 10.6. The summed E-state index contributed by atoms with van der Waals surface area (Å²) in [5.74, 6) is -0.116. The van der Waals surface area contributed by atoms with Gasteiger partial charge in [0.15, 0.2) is 5.78 Å². The number of aromatic nitrogens is 1. The lowest BCUT2D eigenvalue weighted by molar-refractivity contribution is -0.136. The van der Waals surface area contributed by atoms with Gasteiger partial charge in [0, 0.05) is 35.7 Å². The van der Waals surface area contributed by atoms with Crippen LogP contribution in [0.1, 0.15) is 85.7 Å². The van der Waals surface area contributed by atoms with E-state index in [1.165, 1.54) is 17.7 Å². The number of ketones is 3. The summed E-state index contributed by atoms with van der Waals surface area (Å²) in [7, 11) is 0. The van der Waals surface area contributed by atoms with E-state index in [-0.39, 0.29) is 35.1 Å². The van der Waals surface area contributed by atoms with E-state index in [2.05, 4.69) is 24.0 Å². The van der Waals surface area contributed by atoms with Crippen molar-refractivity contribution in [2.75, 3.05) is 0 Å². The number of fused-ring (bicyclic) bond motifs is 1. The fourth-order valence-corrected chi connectivity index (χ4v) is 6.82. The average molecular weight is 448 g/mol. The number of carbonyl (C=O) groups excluding carboxylic acids is 3. The summed E-state index contributed by atoms with van der Waals surface area (Å²) in [5.41, 5.74) is 1.72. The summed E-state index contributed by atoms with van der Waals surface area (Å²) >= 11 is 0. The van der Waals surface area contributed by atoms with Gasteiger partial charge in [0.25, 0.3) is 0 Å². The lowest BCUT2D eigenvalue weighted by Gasteiger charge is -2.49. The zero-order valence-corrected chi connectivity index (χ0v) is 19.1. The molecule has 1 aromatic carbocycles. The molecule has 0 spiro atoms. The first-order valence-electron chi connectivity index (χ1n) is 12.1. The first kappa shape index (κ1) is 22.1. The van der Waals surface area contributed by atoms with Crippen molar-refractivity contribution in [3.8, 4) is 0 Å². The maximum Gasteiger partial charge on any atom is 0.166 e. The lowest BCUT2D eigenvalue weighted by Crippen LogP contribution is -2.46. The highest BCUT2D eigenvalue weighted by Crippen LogP contribution is 2.59. The van der Waals surface area contributed by atoms with Crippen molar-refractivity contribution in [2.24, 2.45) is 16.7 Å².